The van der Waals surface area contributed by atoms with Gasteiger partial charge in [0.2, 0.25) is 5.91 Å². The average molecular weight is 348 g/mol. The molecule has 0 atom stereocenters. The third-order valence-corrected chi connectivity index (χ3v) is 3.30. The van der Waals surface area contributed by atoms with Gasteiger partial charge >= 0.3 is 11.9 Å². The Morgan fingerprint density at radius 1 is 1.04 bits per heavy atom. The van der Waals surface area contributed by atoms with Crippen molar-refractivity contribution in [3.05, 3.63) is 35.5 Å². The largest absolute Gasteiger partial charge is 0.466 e. The third kappa shape index (κ3) is 5.95. The summed E-state index contributed by atoms with van der Waals surface area (Å²) in [6.07, 6.45) is 1.01. The van der Waals surface area contributed by atoms with Gasteiger partial charge in [-0.15, -0.1) is 0 Å². The molecule has 136 valence electrons. The number of aryl methyl sites for hydroxylation is 1. The van der Waals surface area contributed by atoms with Crippen LogP contribution in [0.25, 0.3) is 0 Å². The van der Waals surface area contributed by atoms with Crippen LogP contribution in [0.5, 0.6) is 0 Å². The van der Waals surface area contributed by atoms with E-state index in [-0.39, 0.29) is 11.6 Å². The van der Waals surface area contributed by atoms with Crippen LogP contribution < -0.4 is 10.6 Å². The molecule has 1 aromatic carbocycles. The van der Waals surface area contributed by atoms with Crippen LogP contribution in [0.1, 0.15) is 26.3 Å². The molecule has 0 aliphatic heterocycles. The van der Waals surface area contributed by atoms with Gasteiger partial charge in [0.15, 0.2) is 0 Å². The summed E-state index contributed by atoms with van der Waals surface area (Å²) in [6, 6.07) is 5.14. The van der Waals surface area contributed by atoms with E-state index in [1.807, 2.05) is 27.7 Å². The lowest BCUT2D eigenvalue weighted by Crippen LogP contribution is -2.27. The number of hydrogen-bond donors (Lipinski definition) is 2. The van der Waals surface area contributed by atoms with Gasteiger partial charge in [0.1, 0.15) is 5.70 Å². The van der Waals surface area contributed by atoms with Crippen molar-refractivity contribution in [2.75, 3.05) is 24.9 Å². The summed E-state index contributed by atoms with van der Waals surface area (Å²) in [5, 5.41) is 5.68. The molecule has 0 fully saturated rings. The third-order valence-electron chi connectivity index (χ3n) is 3.30. The Bertz CT molecular complexity index is 702. The van der Waals surface area contributed by atoms with Crippen LogP contribution in [0, 0.1) is 12.3 Å². The molecule has 25 heavy (non-hydrogen) atoms. The van der Waals surface area contributed by atoms with Gasteiger partial charge in [0.05, 0.1) is 20.3 Å². The first-order chi connectivity index (χ1) is 11.6. The minimum Gasteiger partial charge on any atom is -0.466 e. The van der Waals surface area contributed by atoms with Crippen molar-refractivity contribution in [2.45, 2.75) is 27.7 Å². The van der Waals surface area contributed by atoms with E-state index in [9.17, 15) is 14.4 Å². The molecule has 7 heteroatoms. The predicted molar refractivity (Wildman–Crippen MR) is 95.0 cm³/mol. The number of nitrogens with one attached hydrogen (secondary N) is 2. The molecule has 1 aromatic rings. The molecule has 0 aliphatic rings. The van der Waals surface area contributed by atoms with Crippen molar-refractivity contribution in [1.82, 2.24) is 0 Å². The molecule has 0 unspecified atom stereocenters. The molecular formula is C18H24N2O5. The maximum absolute atomic E-state index is 12.1. The molecule has 0 radical (unpaired) electrons. The number of amides is 1. The Balaban J connectivity index is 3.02. The highest BCUT2D eigenvalue weighted by atomic mass is 16.5. The average Bonchev–Trinajstić information content (AvgIpc) is 2.54. The van der Waals surface area contributed by atoms with Gasteiger partial charge in [-0.25, -0.2) is 9.59 Å². The lowest BCUT2D eigenvalue weighted by Gasteiger charge is -2.19. The van der Waals surface area contributed by atoms with E-state index in [1.54, 1.807) is 18.2 Å². The van der Waals surface area contributed by atoms with Crippen LogP contribution >= 0.6 is 0 Å². The Hall–Kier alpha value is -2.83. The number of carbonyl (C=O) groups excluding carboxylic acids is 3. The Labute approximate surface area is 147 Å². The zero-order chi connectivity index (χ0) is 19.2. The number of rotatable bonds is 5. The highest BCUT2D eigenvalue weighted by molar-refractivity contribution is 5.99. The molecule has 2 N–H and O–H groups in total. The van der Waals surface area contributed by atoms with Gasteiger partial charge in [-0.05, 0) is 30.7 Å². The molecule has 0 heterocycles. The number of anilines is 2. The van der Waals surface area contributed by atoms with Crippen molar-refractivity contribution >= 4 is 29.2 Å². The van der Waals surface area contributed by atoms with Crippen LogP contribution in [0.3, 0.4) is 0 Å². The topological polar surface area (TPSA) is 93.7 Å². The first kappa shape index (κ1) is 20.2. The summed E-state index contributed by atoms with van der Waals surface area (Å²) < 4.78 is 9.16. The molecule has 0 spiro atoms. The maximum Gasteiger partial charge on any atom is 0.354 e. The SMILES string of the molecule is COC(=O)/C=C(/Nc1ccc(NC(=O)C(C)(C)C)c(C)c1)C(=O)OC. The van der Waals surface area contributed by atoms with E-state index in [1.165, 1.54) is 14.2 Å². The van der Waals surface area contributed by atoms with Crippen molar-refractivity contribution in [1.29, 1.82) is 0 Å². The van der Waals surface area contributed by atoms with E-state index >= 15 is 0 Å². The smallest absolute Gasteiger partial charge is 0.354 e. The van der Waals surface area contributed by atoms with E-state index in [4.69, 9.17) is 0 Å². The minimum absolute atomic E-state index is 0.0553. The number of esters is 2. The van der Waals surface area contributed by atoms with Crippen LogP contribution in [-0.4, -0.2) is 32.1 Å². The maximum atomic E-state index is 12.1. The van der Waals surface area contributed by atoms with Gasteiger partial charge in [-0.3, -0.25) is 4.79 Å². The van der Waals surface area contributed by atoms with Crippen LogP contribution in [-0.2, 0) is 23.9 Å². The number of carbonyl (C=O) groups is 3. The molecule has 0 saturated heterocycles. The molecule has 0 aromatic heterocycles. The summed E-state index contributed by atoms with van der Waals surface area (Å²) in [5.74, 6) is -1.48. The molecular weight excluding hydrogens is 324 g/mol. The molecule has 1 rings (SSSR count). The van der Waals surface area contributed by atoms with Gasteiger partial charge in [0, 0.05) is 16.8 Å². The zero-order valence-corrected chi connectivity index (χ0v) is 15.4. The number of methoxy groups -OCH3 is 2. The monoisotopic (exact) mass is 348 g/mol. The van der Waals surface area contributed by atoms with E-state index in [2.05, 4.69) is 20.1 Å². The molecule has 0 saturated carbocycles. The highest BCUT2D eigenvalue weighted by Crippen LogP contribution is 2.23. The summed E-state index contributed by atoms with van der Waals surface area (Å²) in [6.45, 7) is 7.31. The molecule has 1 amide bonds. The molecule has 7 nitrogen and oxygen atoms in total. The Morgan fingerprint density at radius 3 is 2.16 bits per heavy atom. The van der Waals surface area contributed by atoms with E-state index in [0.717, 1.165) is 11.6 Å². The van der Waals surface area contributed by atoms with Gasteiger partial charge in [-0.1, -0.05) is 20.8 Å². The summed E-state index contributed by atoms with van der Waals surface area (Å²) in [5.41, 5.74) is 1.46. The minimum atomic E-state index is -0.701. The van der Waals surface area contributed by atoms with Crippen molar-refractivity contribution < 1.29 is 23.9 Å². The zero-order valence-electron chi connectivity index (χ0n) is 15.4. The lowest BCUT2D eigenvalue weighted by atomic mass is 9.95. The fraction of sp³-hybridized carbons (Fsp3) is 0.389. The van der Waals surface area contributed by atoms with Crippen molar-refractivity contribution in [3.8, 4) is 0 Å². The first-order valence-electron chi connectivity index (χ1n) is 7.65. The van der Waals surface area contributed by atoms with Crippen LogP contribution in [0.15, 0.2) is 30.0 Å². The van der Waals surface area contributed by atoms with Crippen LogP contribution in [0.2, 0.25) is 0 Å². The standard InChI is InChI=1S/C18H24N2O5/c1-11-9-12(7-8-13(11)20-17(23)18(2,3)4)19-14(16(22)25-6)10-15(21)24-5/h7-10,19H,1-6H3,(H,20,23)/b14-10+. The first-order valence-corrected chi connectivity index (χ1v) is 7.65. The number of benzene rings is 1. The summed E-state index contributed by atoms with van der Waals surface area (Å²) in [7, 11) is 2.43. The number of hydrogen-bond acceptors (Lipinski definition) is 6. The fourth-order valence-corrected chi connectivity index (χ4v) is 1.78. The summed E-state index contributed by atoms with van der Waals surface area (Å²) >= 11 is 0. The van der Waals surface area contributed by atoms with Gasteiger partial charge in [-0.2, -0.15) is 0 Å². The normalized spacial score (nSPS) is 11.5. The van der Waals surface area contributed by atoms with E-state index < -0.39 is 17.4 Å². The van der Waals surface area contributed by atoms with E-state index in [0.29, 0.717) is 11.4 Å². The van der Waals surface area contributed by atoms with Crippen molar-refractivity contribution in [2.24, 2.45) is 5.41 Å². The predicted octanol–water partition coefficient (Wildman–Crippen LogP) is 2.62. The summed E-state index contributed by atoms with van der Waals surface area (Å²) in [4.78, 5) is 35.2. The second kappa shape index (κ2) is 8.32. The quantitative estimate of drug-likeness (QED) is 0.627. The molecule has 0 aliphatic carbocycles. The van der Waals surface area contributed by atoms with Crippen molar-refractivity contribution in [3.63, 3.8) is 0 Å². The highest BCUT2D eigenvalue weighted by Gasteiger charge is 2.21. The lowest BCUT2D eigenvalue weighted by molar-refractivity contribution is -0.138. The van der Waals surface area contributed by atoms with Gasteiger partial charge < -0.3 is 20.1 Å². The number of ether oxygens (including phenoxy) is 2. The Kier molecular flexibility index (Phi) is 6.73. The molecule has 0 bridgehead atoms. The second-order valence-corrected chi connectivity index (χ2v) is 6.43. The Morgan fingerprint density at radius 2 is 1.68 bits per heavy atom. The van der Waals surface area contributed by atoms with Crippen LogP contribution in [0.4, 0.5) is 11.4 Å². The van der Waals surface area contributed by atoms with Gasteiger partial charge in [0.25, 0.3) is 0 Å². The fourth-order valence-electron chi connectivity index (χ4n) is 1.78. The second-order valence-electron chi connectivity index (χ2n) is 6.43.